The second kappa shape index (κ2) is 10.4. The van der Waals surface area contributed by atoms with Crippen LogP contribution in [0.25, 0.3) is 11.5 Å². The number of morpholine rings is 1. The average molecular weight is 466 g/mol. The molecule has 2 heterocycles. The zero-order valence-electron chi connectivity index (χ0n) is 19.0. The summed E-state index contributed by atoms with van der Waals surface area (Å²) in [5.74, 6) is 0.442. The number of carbonyl (C=O) groups is 1. The number of ether oxygens (including phenoxy) is 1. The minimum absolute atomic E-state index is 0.0154. The van der Waals surface area contributed by atoms with Gasteiger partial charge in [-0.2, -0.15) is 0 Å². The Balaban J connectivity index is 1.32. The number of nitro groups is 1. The van der Waals surface area contributed by atoms with E-state index >= 15 is 0 Å². The standard InChI is InChI=1S/C23H26N6O5/c1-16(22-25-26-23(34-22)17-3-7-20(8-4-17)29(31)32)27(2)15-21(30)24-18-5-9-19(10-6-18)28-11-13-33-14-12-28/h3-10,16H,11-15H2,1-2H3,(H,24,30). The molecule has 1 unspecified atom stereocenters. The summed E-state index contributed by atoms with van der Waals surface area (Å²) in [6.07, 6.45) is 0. The molecule has 2 aromatic carbocycles. The van der Waals surface area contributed by atoms with Gasteiger partial charge in [0.15, 0.2) is 0 Å². The van der Waals surface area contributed by atoms with E-state index in [1.54, 1.807) is 24.1 Å². The molecule has 1 amide bonds. The minimum atomic E-state index is -0.469. The van der Waals surface area contributed by atoms with E-state index in [1.807, 2.05) is 31.2 Å². The number of non-ortho nitro benzene ring substituents is 1. The molecule has 1 aromatic heterocycles. The van der Waals surface area contributed by atoms with Crippen LogP contribution in [0.5, 0.6) is 0 Å². The van der Waals surface area contributed by atoms with E-state index in [1.165, 1.54) is 12.1 Å². The van der Waals surface area contributed by atoms with Gasteiger partial charge in [0.05, 0.1) is 30.7 Å². The molecule has 34 heavy (non-hydrogen) atoms. The summed E-state index contributed by atoms with van der Waals surface area (Å²) in [5, 5.41) is 21.8. The maximum Gasteiger partial charge on any atom is 0.269 e. The van der Waals surface area contributed by atoms with E-state index in [-0.39, 0.29) is 30.1 Å². The van der Waals surface area contributed by atoms with Crippen molar-refractivity contribution in [3.63, 3.8) is 0 Å². The summed E-state index contributed by atoms with van der Waals surface area (Å²) in [6, 6.07) is 13.3. The maximum absolute atomic E-state index is 12.6. The fourth-order valence-electron chi connectivity index (χ4n) is 3.58. The molecule has 1 saturated heterocycles. The summed E-state index contributed by atoms with van der Waals surface area (Å²) in [6.45, 7) is 5.14. The van der Waals surface area contributed by atoms with E-state index in [4.69, 9.17) is 9.15 Å². The lowest BCUT2D eigenvalue weighted by atomic mass is 10.2. The molecule has 1 atom stereocenters. The Morgan fingerprint density at radius 1 is 1.15 bits per heavy atom. The van der Waals surface area contributed by atoms with Crippen molar-refractivity contribution in [2.75, 3.05) is 50.1 Å². The highest BCUT2D eigenvalue weighted by atomic mass is 16.6. The number of aromatic nitrogens is 2. The fraction of sp³-hybridized carbons (Fsp3) is 0.348. The Hall–Kier alpha value is -3.83. The molecular weight excluding hydrogens is 440 g/mol. The molecule has 0 saturated carbocycles. The van der Waals surface area contributed by atoms with Crippen LogP contribution < -0.4 is 10.2 Å². The number of likely N-dealkylation sites (N-methyl/N-ethyl adjacent to an activating group) is 1. The van der Waals surface area contributed by atoms with Gasteiger partial charge in [0, 0.05) is 42.2 Å². The summed E-state index contributed by atoms with van der Waals surface area (Å²) in [4.78, 5) is 26.9. The van der Waals surface area contributed by atoms with Crippen molar-refractivity contribution in [2.45, 2.75) is 13.0 Å². The summed E-state index contributed by atoms with van der Waals surface area (Å²) in [5.41, 5.74) is 2.39. The summed E-state index contributed by atoms with van der Waals surface area (Å²) in [7, 11) is 1.79. The number of hydrogen-bond acceptors (Lipinski definition) is 9. The van der Waals surface area contributed by atoms with E-state index in [2.05, 4.69) is 20.4 Å². The molecule has 4 rings (SSSR count). The van der Waals surface area contributed by atoms with Crippen molar-refractivity contribution in [1.29, 1.82) is 0 Å². The van der Waals surface area contributed by atoms with Gasteiger partial charge in [-0.3, -0.25) is 19.8 Å². The van der Waals surface area contributed by atoms with Gasteiger partial charge in [0.2, 0.25) is 17.7 Å². The Labute approximate surface area is 196 Å². The van der Waals surface area contributed by atoms with Crippen molar-refractivity contribution < 1.29 is 18.9 Å². The van der Waals surface area contributed by atoms with Gasteiger partial charge in [-0.05, 0) is 50.4 Å². The number of hydrogen-bond donors (Lipinski definition) is 1. The third-order valence-electron chi connectivity index (χ3n) is 5.70. The molecule has 0 radical (unpaired) electrons. The molecule has 0 spiro atoms. The highest BCUT2D eigenvalue weighted by Crippen LogP contribution is 2.25. The lowest BCUT2D eigenvalue weighted by Crippen LogP contribution is -2.36. The topological polar surface area (TPSA) is 127 Å². The minimum Gasteiger partial charge on any atom is -0.419 e. The first-order chi connectivity index (χ1) is 16.4. The number of rotatable bonds is 8. The molecule has 1 aliphatic heterocycles. The van der Waals surface area contributed by atoms with Gasteiger partial charge in [-0.15, -0.1) is 10.2 Å². The van der Waals surface area contributed by atoms with Gasteiger partial charge >= 0.3 is 0 Å². The Morgan fingerprint density at radius 3 is 2.47 bits per heavy atom. The van der Waals surface area contributed by atoms with E-state index in [0.717, 1.165) is 37.7 Å². The molecule has 1 aliphatic rings. The summed E-state index contributed by atoms with van der Waals surface area (Å²) < 4.78 is 11.1. The lowest BCUT2D eigenvalue weighted by molar-refractivity contribution is -0.384. The van der Waals surface area contributed by atoms with Crippen LogP contribution in [0.15, 0.2) is 52.9 Å². The largest absolute Gasteiger partial charge is 0.419 e. The third kappa shape index (κ3) is 5.56. The fourth-order valence-corrected chi connectivity index (χ4v) is 3.58. The first-order valence-corrected chi connectivity index (χ1v) is 10.9. The van der Waals surface area contributed by atoms with E-state index < -0.39 is 4.92 Å². The van der Waals surface area contributed by atoms with Crippen molar-refractivity contribution in [1.82, 2.24) is 15.1 Å². The van der Waals surface area contributed by atoms with Gasteiger partial charge in [-0.1, -0.05) is 0 Å². The Kier molecular flexibility index (Phi) is 7.14. The van der Waals surface area contributed by atoms with Crippen molar-refractivity contribution in [3.8, 4) is 11.5 Å². The second-order valence-corrected chi connectivity index (χ2v) is 8.03. The number of amides is 1. The molecule has 1 N–H and O–H groups in total. The molecule has 0 aliphatic carbocycles. The van der Waals surface area contributed by atoms with Crippen molar-refractivity contribution in [2.24, 2.45) is 0 Å². The third-order valence-corrected chi connectivity index (χ3v) is 5.70. The van der Waals surface area contributed by atoms with Crippen LogP contribution in [0.4, 0.5) is 17.1 Å². The van der Waals surface area contributed by atoms with E-state index in [0.29, 0.717) is 11.5 Å². The number of nitrogens with zero attached hydrogens (tertiary/aromatic N) is 5. The smallest absolute Gasteiger partial charge is 0.269 e. The summed E-state index contributed by atoms with van der Waals surface area (Å²) >= 11 is 0. The lowest BCUT2D eigenvalue weighted by Gasteiger charge is -2.29. The highest BCUT2D eigenvalue weighted by Gasteiger charge is 2.21. The first kappa shape index (κ1) is 23.3. The number of carbonyl (C=O) groups excluding carboxylic acids is 1. The zero-order chi connectivity index (χ0) is 24.1. The number of nitrogens with one attached hydrogen (secondary N) is 1. The molecule has 11 nitrogen and oxygen atoms in total. The van der Waals surface area contributed by atoms with Crippen molar-refractivity contribution in [3.05, 3.63) is 64.5 Å². The van der Waals surface area contributed by atoms with Crippen molar-refractivity contribution >= 4 is 23.0 Å². The predicted molar refractivity (Wildman–Crippen MR) is 126 cm³/mol. The normalized spacial score (nSPS) is 14.7. The number of benzene rings is 2. The van der Waals surface area contributed by atoms with Crippen LogP contribution in [0, 0.1) is 10.1 Å². The maximum atomic E-state index is 12.6. The molecule has 0 bridgehead atoms. The predicted octanol–water partition coefficient (Wildman–Crippen LogP) is 3.11. The SMILES string of the molecule is CC(c1nnc(-c2ccc([N+](=O)[O-])cc2)o1)N(C)CC(=O)Nc1ccc(N2CCOCC2)cc1. The Morgan fingerprint density at radius 2 is 1.82 bits per heavy atom. The molecular formula is C23H26N6O5. The average Bonchev–Trinajstić information content (AvgIpc) is 3.35. The van der Waals surface area contributed by atoms with Gasteiger partial charge in [0.25, 0.3) is 5.69 Å². The first-order valence-electron chi connectivity index (χ1n) is 10.9. The quantitative estimate of drug-likeness (QED) is 0.393. The number of nitro benzene ring substituents is 1. The monoisotopic (exact) mass is 466 g/mol. The molecule has 178 valence electrons. The molecule has 1 fully saturated rings. The molecule has 11 heteroatoms. The Bertz CT molecular complexity index is 1130. The van der Waals surface area contributed by atoms with Gasteiger partial charge in [0.1, 0.15) is 0 Å². The second-order valence-electron chi connectivity index (χ2n) is 8.03. The van der Waals surface area contributed by atoms with Gasteiger partial charge in [-0.25, -0.2) is 0 Å². The van der Waals surface area contributed by atoms with Gasteiger partial charge < -0.3 is 19.4 Å². The van der Waals surface area contributed by atoms with Crippen LogP contribution in [0.2, 0.25) is 0 Å². The van der Waals surface area contributed by atoms with Crippen LogP contribution >= 0.6 is 0 Å². The van der Waals surface area contributed by atoms with Crippen LogP contribution in [0.1, 0.15) is 18.9 Å². The van der Waals surface area contributed by atoms with Crippen LogP contribution in [-0.4, -0.2) is 65.8 Å². The van der Waals surface area contributed by atoms with Crippen LogP contribution in [-0.2, 0) is 9.53 Å². The number of anilines is 2. The molecule has 3 aromatic rings. The van der Waals surface area contributed by atoms with Crippen LogP contribution in [0.3, 0.4) is 0 Å². The van der Waals surface area contributed by atoms with E-state index in [9.17, 15) is 14.9 Å². The highest BCUT2D eigenvalue weighted by molar-refractivity contribution is 5.92. The zero-order valence-corrected chi connectivity index (χ0v) is 19.0.